The molecule has 7 heteroatoms. The molecule has 1 aliphatic heterocycles. The molecule has 2 amide bonds. The van der Waals surface area contributed by atoms with Crippen molar-refractivity contribution in [3.63, 3.8) is 0 Å². The standard InChI is InChI=1S/C24H32N4O3/c1-16-9-8-10-20(28-23(30)26(6)27(7)25-28)19(16)15-31-22-12-11-18(13-17(22)2)21(29)14-24(3,4)5/h8-13,25H,14-15H2,1-7H3. The van der Waals surface area contributed by atoms with Gasteiger partial charge in [0.2, 0.25) is 0 Å². The number of aryl methyl sites for hydroxylation is 2. The van der Waals surface area contributed by atoms with Gasteiger partial charge >= 0.3 is 6.03 Å². The molecule has 0 atom stereocenters. The summed E-state index contributed by atoms with van der Waals surface area (Å²) >= 11 is 0. The van der Waals surface area contributed by atoms with E-state index < -0.39 is 0 Å². The highest BCUT2D eigenvalue weighted by atomic mass is 16.5. The quantitative estimate of drug-likeness (QED) is 0.685. The van der Waals surface area contributed by atoms with E-state index in [2.05, 4.69) is 26.3 Å². The van der Waals surface area contributed by atoms with E-state index in [1.807, 2.05) is 50.2 Å². The van der Waals surface area contributed by atoms with Crippen LogP contribution in [0.25, 0.3) is 0 Å². The lowest BCUT2D eigenvalue weighted by Gasteiger charge is -2.21. The van der Waals surface area contributed by atoms with E-state index in [4.69, 9.17) is 4.74 Å². The lowest BCUT2D eigenvalue weighted by Crippen LogP contribution is -2.39. The number of amides is 2. The number of carbonyl (C=O) groups excluding carboxylic acids is 2. The summed E-state index contributed by atoms with van der Waals surface area (Å²) in [6, 6.07) is 11.2. The van der Waals surface area contributed by atoms with Crippen LogP contribution in [0.4, 0.5) is 10.5 Å². The molecule has 1 N–H and O–H groups in total. The monoisotopic (exact) mass is 424 g/mol. The van der Waals surface area contributed by atoms with Crippen LogP contribution in [-0.2, 0) is 6.61 Å². The predicted octanol–water partition coefficient (Wildman–Crippen LogP) is 4.64. The summed E-state index contributed by atoms with van der Waals surface area (Å²) in [5.41, 5.74) is 7.28. The summed E-state index contributed by atoms with van der Waals surface area (Å²) in [4.78, 5) is 25.1. The number of anilines is 1. The number of nitrogens with one attached hydrogen (secondary N) is 1. The number of nitrogens with zero attached hydrogens (tertiary/aromatic N) is 3. The van der Waals surface area contributed by atoms with Crippen molar-refractivity contribution in [1.82, 2.24) is 15.7 Å². The molecule has 31 heavy (non-hydrogen) atoms. The molecule has 0 spiro atoms. The zero-order valence-corrected chi connectivity index (χ0v) is 19.4. The smallest absolute Gasteiger partial charge is 0.355 e. The van der Waals surface area contributed by atoms with Crippen LogP contribution < -0.4 is 15.3 Å². The zero-order valence-electron chi connectivity index (χ0n) is 19.4. The Kier molecular flexibility index (Phi) is 6.38. The number of carbonyl (C=O) groups is 2. The molecule has 1 saturated heterocycles. The second-order valence-corrected chi connectivity index (χ2v) is 9.27. The van der Waals surface area contributed by atoms with E-state index in [1.54, 1.807) is 19.2 Å². The molecule has 0 radical (unpaired) electrons. The van der Waals surface area contributed by atoms with Gasteiger partial charge in [-0.1, -0.05) is 32.9 Å². The third-order valence-electron chi connectivity index (χ3n) is 5.35. The van der Waals surface area contributed by atoms with Gasteiger partial charge in [0.1, 0.15) is 12.4 Å². The average molecular weight is 425 g/mol. The Hall–Kier alpha value is -2.90. The highest BCUT2D eigenvalue weighted by Crippen LogP contribution is 2.29. The topological polar surface area (TPSA) is 65.1 Å². The van der Waals surface area contributed by atoms with Crippen LogP contribution in [0.5, 0.6) is 5.75 Å². The fourth-order valence-electron chi connectivity index (χ4n) is 3.49. The Balaban J connectivity index is 1.79. The van der Waals surface area contributed by atoms with Crippen molar-refractivity contribution in [3.05, 3.63) is 58.7 Å². The van der Waals surface area contributed by atoms with Crippen molar-refractivity contribution in [1.29, 1.82) is 0 Å². The molecule has 1 fully saturated rings. The molecule has 0 saturated carbocycles. The van der Waals surface area contributed by atoms with Crippen molar-refractivity contribution in [2.75, 3.05) is 19.1 Å². The summed E-state index contributed by atoms with van der Waals surface area (Å²) in [6.45, 7) is 10.4. The maximum Gasteiger partial charge on any atom is 0.355 e. The van der Waals surface area contributed by atoms with E-state index in [1.165, 1.54) is 10.0 Å². The number of Topliss-reactive ketones (excluding diaryl/α,β-unsaturated/α-hetero) is 1. The van der Waals surface area contributed by atoms with Crippen LogP contribution in [-0.4, -0.2) is 36.0 Å². The number of benzene rings is 2. The van der Waals surface area contributed by atoms with Gasteiger partial charge in [-0.05, 0) is 54.7 Å². The first-order valence-corrected chi connectivity index (χ1v) is 10.4. The maximum absolute atomic E-state index is 12.6. The first kappa shape index (κ1) is 22.8. The first-order valence-electron chi connectivity index (χ1n) is 10.4. The summed E-state index contributed by atoms with van der Waals surface area (Å²) in [5, 5.41) is 4.62. The summed E-state index contributed by atoms with van der Waals surface area (Å²) < 4.78 is 6.12. The molecule has 0 aromatic heterocycles. The summed E-state index contributed by atoms with van der Waals surface area (Å²) in [6.07, 6.45) is 0.499. The molecule has 0 bridgehead atoms. The van der Waals surface area contributed by atoms with Gasteiger partial charge in [0.25, 0.3) is 0 Å². The van der Waals surface area contributed by atoms with Crippen LogP contribution in [0.2, 0.25) is 0 Å². The largest absolute Gasteiger partial charge is 0.489 e. The van der Waals surface area contributed by atoms with Crippen molar-refractivity contribution < 1.29 is 14.3 Å². The molecule has 1 aliphatic rings. The molecule has 0 unspecified atom stereocenters. The summed E-state index contributed by atoms with van der Waals surface area (Å²) in [7, 11) is 3.48. The number of hydrazine groups is 3. The molecule has 7 nitrogen and oxygen atoms in total. The molecule has 166 valence electrons. The molecular formula is C24H32N4O3. The number of hydrogen-bond donors (Lipinski definition) is 1. The Morgan fingerprint density at radius 1 is 1.06 bits per heavy atom. The van der Waals surface area contributed by atoms with Crippen LogP contribution in [0.3, 0.4) is 0 Å². The van der Waals surface area contributed by atoms with E-state index in [0.29, 0.717) is 18.6 Å². The van der Waals surface area contributed by atoms with Crippen molar-refractivity contribution in [2.24, 2.45) is 5.41 Å². The fraction of sp³-hybridized carbons (Fsp3) is 0.417. The van der Waals surface area contributed by atoms with E-state index >= 15 is 0 Å². The molecule has 1 heterocycles. The number of rotatable bonds is 6. The molecule has 2 aromatic rings. The first-order chi connectivity index (χ1) is 14.5. The van der Waals surface area contributed by atoms with E-state index in [0.717, 1.165) is 28.1 Å². The highest BCUT2D eigenvalue weighted by molar-refractivity contribution is 5.96. The zero-order chi connectivity index (χ0) is 22.9. The minimum atomic E-state index is -0.174. The van der Waals surface area contributed by atoms with Gasteiger partial charge in [-0.3, -0.25) is 4.79 Å². The van der Waals surface area contributed by atoms with Gasteiger partial charge < -0.3 is 4.74 Å². The molecular weight excluding hydrogens is 392 g/mol. The van der Waals surface area contributed by atoms with E-state index in [-0.39, 0.29) is 17.2 Å². The normalized spacial score (nSPS) is 15.0. The second kappa shape index (κ2) is 8.69. The summed E-state index contributed by atoms with van der Waals surface area (Å²) in [5.74, 6) is 0.853. The third kappa shape index (κ3) is 5.06. The van der Waals surface area contributed by atoms with Gasteiger partial charge in [-0.2, -0.15) is 0 Å². The Morgan fingerprint density at radius 2 is 1.77 bits per heavy atom. The Labute approximate surface area is 184 Å². The van der Waals surface area contributed by atoms with Gasteiger partial charge in [0.15, 0.2) is 5.78 Å². The van der Waals surface area contributed by atoms with Crippen molar-refractivity contribution in [2.45, 2.75) is 47.6 Å². The number of hydrogen-bond acceptors (Lipinski definition) is 5. The van der Waals surface area contributed by atoms with Crippen molar-refractivity contribution >= 4 is 17.5 Å². The minimum Gasteiger partial charge on any atom is -0.489 e. The molecule has 0 aliphatic carbocycles. The van der Waals surface area contributed by atoms with Crippen LogP contribution in [0, 0.1) is 19.3 Å². The van der Waals surface area contributed by atoms with Gasteiger partial charge in [0.05, 0.1) is 5.69 Å². The SMILES string of the molecule is Cc1cc(C(=O)CC(C)(C)C)ccc1OCc1c(C)cccc1N1NN(C)N(C)C1=O. The van der Waals surface area contributed by atoms with Gasteiger partial charge in [0, 0.05) is 31.6 Å². The lowest BCUT2D eigenvalue weighted by molar-refractivity contribution is 0.0652. The van der Waals surface area contributed by atoms with Crippen molar-refractivity contribution in [3.8, 4) is 5.75 Å². The number of ketones is 1. The van der Waals surface area contributed by atoms with E-state index in [9.17, 15) is 9.59 Å². The predicted molar refractivity (Wildman–Crippen MR) is 122 cm³/mol. The Morgan fingerprint density at radius 3 is 2.35 bits per heavy atom. The molecule has 2 aromatic carbocycles. The van der Waals surface area contributed by atoms with Crippen LogP contribution in [0.1, 0.15) is 54.2 Å². The number of ether oxygens (including phenoxy) is 1. The van der Waals surface area contributed by atoms with Gasteiger partial charge in [-0.25, -0.2) is 14.8 Å². The third-order valence-corrected chi connectivity index (χ3v) is 5.35. The lowest BCUT2D eigenvalue weighted by atomic mass is 9.87. The van der Waals surface area contributed by atoms with Crippen LogP contribution >= 0.6 is 0 Å². The fourth-order valence-corrected chi connectivity index (χ4v) is 3.49. The van der Waals surface area contributed by atoms with Crippen LogP contribution in [0.15, 0.2) is 36.4 Å². The highest BCUT2D eigenvalue weighted by Gasteiger charge is 2.33. The minimum absolute atomic E-state index is 0.0510. The van der Waals surface area contributed by atoms with Gasteiger partial charge in [-0.15, -0.1) is 10.7 Å². The second-order valence-electron chi connectivity index (χ2n) is 9.27. The average Bonchev–Trinajstić information content (AvgIpc) is 2.93. The molecule has 3 rings (SSSR count). The number of urea groups is 1. The maximum atomic E-state index is 12.6. The Bertz CT molecular complexity index is 997.